The van der Waals surface area contributed by atoms with Crippen LogP contribution in [0.15, 0.2) is 12.7 Å². The van der Waals surface area contributed by atoms with Gasteiger partial charge in [0.15, 0.2) is 18.1 Å². The lowest BCUT2D eigenvalue weighted by molar-refractivity contribution is -0.847. The molecule has 3 rings (SSSR count). The Balaban J connectivity index is 1.76. The molecule has 5 atom stereocenters. The van der Waals surface area contributed by atoms with Crippen LogP contribution in [0, 0.1) is 22.7 Å². The van der Waals surface area contributed by atoms with E-state index in [1.54, 1.807) is 11.0 Å². The third kappa shape index (κ3) is 4.50. The highest BCUT2D eigenvalue weighted by molar-refractivity contribution is 7.85. The van der Waals surface area contributed by atoms with E-state index in [1.807, 2.05) is 13.0 Å². The van der Waals surface area contributed by atoms with Gasteiger partial charge >= 0.3 is 5.91 Å². The molecule has 10 nitrogen and oxygen atoms in total. The maximum absolute atomic E-state index is 14.1. The summed E-state index contributed by atoms with van der Waals surface area (Å²) in [6, 6.07) is 0.642. The molecule has 2 heterocycles. The molecule has 1 aliphatic carbocycles. The number of carbonyl (C=O) groups excluding carboxylic acids is 1. The maximum atomic E-state index is 14.1. The van der Waals surface area contributed by atoms with Crippen molar-refractivity contribution in [3.05, 3.63) is 12.7 Å². The van der Waals surface area contributed by atoms with Crippen molar-refractivity contribution in [3.8, 4) is 6.07 Å². The highest BCUT2D eigenvalue weighted by Gasteiger charge is 2.56. The van der Waals surface area contributed by atoms with Crippen molar-refractivity contribution in [1.82, 2.24) is 20.1 Å². The number of amides is 1. The van der Waals surface area contributed by atoms with Gasteiger partial charge in [-0.05, 0) is 31.1 Å². The Hall–Kier alpha value is -1.94. The average Bonchev–Trinajstić information content (AvgIpc) is 3.33. The van der Waals surface area contributed by atoms with Crippen LogP contribution in [0.2, 0.25) is 0 Å². The van der Waals surface area contributed by atoms with Crippen molar-refractivity contribution in [2.24, 2.45) is 11.3 Å². The Morgan fingerprint density at radius 3 is 2.74 bits per heavy atom. The van der Waals surface area contributed by atoms with Gasteiger partial charge in [0.2, 0.25) is 0 Å². The Kier molecular flexibility index (Phi) is 6.27. The van der Waals surface area contributed by atoms with Gasteiger partial charge < -0.3 is 4.55 Å². The number of likely N-dealkylation sites (tertiary alicyclic amines) is 1. The molecule has 1 amide bonds. The maximum Gasteiger partial charge on any atom is 0.329 e. The second-order valence-electron chi connectivity index (χ2n) is 9.54. The van der Waals surface area contributed by atoms with Crippen LogP contribution in [0.3, 0.4) is 0 Å². The molecule has 2 fully saturated rings. The molecule has 0 radical (unpaired) electrons. The average molecular weight is 457 g/mol. The van der Waals surface area contributed by atoms with E-state index in [9.17, 15) is 27.4 Å². The summed E-state index contributed by atoms with van der Waals surface area (Å²) >= 11 is 0. The Morgan fingerprint density at radius 1 is 1.45 bits per heavy atom. The SMILES string of the molecule is CC1(C)[C@H](Cn2cncn2)CC[C@]1(C)NCC(=O)[N+]1(CS(=O)(=O)[O-])C[C@H](F)C[C@H]1C#N. The van der Waals surface area contributed by atoms with Gasteiger partial charge in [-0.25, -0.2) is 27.1 Å². The minimum atomic E-state index is -4.85. The zero-order valence-corrected chi connectivity index (χ0v) is 18.8. The van der Waals surface area contributed by atoms with Crippen molar-refractivity contribution in [2.75, 3.05) is 19.0 Å². The molecule has 0 spiro atoms. The number of nitrogens with one attached hydrogen (secondary N) is 1. The lowest BCUT2D eigenvalue weighted by Crippen LogP contribution is -2.63. The normalized spacial score (nSPS) is 35.2. The van der Waals surface area contributed by atoms with Gasteiger partial charge in [0.25, 0.3) is 0 Å². The van der Waals surface area contributed by atoms with Crippen LogP contribution in [0.5, 0.6) is 0 Å². The number of aromatic nitrogens is 3. The number of nitriles is 1. The van der Waals surface area contributed by atoms with E-state index < -0.39 is 50.7 Å². The zero-order chi connectivity index (χ0) is 23.1. The fourth-order valence-electron chi connectivity index (χ4n) is 5.15. The number of nitrogens with zero attached hydrogens (tertiary/aromatic N) is 5. The smallest absolute Gasteiger partial charge is 0.329 e. The summed E-state index contributed by atoms with van der Waals surface area (Å²) < 4.78 is 49.4. The zero-order valence-electron chi connectivity index (χ0n) is 18.0. The van der Waals surface area contributed by atoms with Crippen LogP contribution < -0.4 is 5.32 Å². The third-order valence-electron chi connectivity index (χ3n) is 7.57. The molecule has 12 heteroatoms. The monoisotopic (exact) mass is 456 g/mol. The molecular formula is C19H29FN6O4S. The summed E-state index contributed by atoms with van der Waals surface area (Å²) in [6.45, 7) is 6.13. The van der Waals surface area contributed by atoms with Crippen LogP contribution in [0.25, 0.3) is 0 Å². The van der Waals surface area contributed by atoms with E-state index in [0.29, 0.717) is 6.54 Å². The van der Waals surface area contributed by atoms with Gasteiger partial charge in [-0.15, -0.1) is 0 Å². The summed E-state index contributed by atoms with van der Waals surface area (Å²) in [7, 11) is -4.85. The van der Waals surface area contributed by atoms with E-state index in [1.165, 1.54) is 6.33 Å². The second-order valence-corrected chi connectivity index (χ2v) is 10.9. The van der Waals surface area contributed by atoms with Crippen molar-refractivity contribution in [3.63, 3.8) is 0 Å². The standard InChI is InChI=1S/C19H29FN6O4S/c1-18(2)14(9-25-12-22-11-24-25)4-5-19(18,3)23-8-17(27)26(13-31(28,29)30)10-15(20)6-16(26)7-21/h11-12,14-16,23H,4-6,8-10,13H2,1-3H3/t14-,15+,16-,19-,26?/m0/s1. The van der Waals surface area contributed by atoms with Crippen LogP contribution in [-0.4, -0.2) is 74.8 Å². The molecule has 1 N–H and O–H groups in total. The van der Waals surface area contributed by atoms with Crippen molar-refractivity contribution < 1.29 is 26.6 Å². The topological polar surface area (TPSA) is 141 Å². The lowest BCUT2D eigenvalue weighted by Gasteiger charge is -2.43. The van der Waals surface area contributed by atoms with E-state index in [4.69, 9.17) is 0 Å². The van der Waals surface area contributed by atoms with Gasteiger partial charge in [0.1, 0.15) is 41.9 Å². The number of hydrogen-bond donors (Lipinski definition) is 1. The third-order valence-corrected chi connectivity index (χ3v) is 8.35. The predicted octanol–water partition coefficient (Wildman–Crippen LogP) is 0.543. The van der Waals surface area contributed by atoms with Crippen molar-refractivity contribution in [2.45, 2.75) is 64.3 Å². The molecule has 0 bridgehead atoms. The summed E-state index contributed by atoms with van der Waals surface area (Å²) in [5.74, 6) is -1.51. The molecule has 2 aliphatic rings. The van der Waals surface area contributed by atoms with Gasteiger partial charge in [-0.2, -0.15) is 10.4 Å². The first-order chi connectivity index (χ1) is 14.3. The van der Waals surface area contributed by atoms with E-state index in [2.05, 4.69) is 29.2 Å². The number of hydrogen-bond acceptors (Lipinski definition) is 8. The molecule has 1 aromatic heterocycles. The van der Waals surface area contributed by atoms with Crippen LogP contribution in [-0.2, 0) is 21.5 Å². The Bertz CT molecular complexity index is 963. The summed E-state index contributed by atoms with van der Waals surface area (Å²) in [6.07, 6.45) is 3.00. The minimum Gasteiger partial charge on any atom is -0.744 e. The van der Waals surface area contributed by atoms with Crippen molar-refractivity contribution in [1.29, 1.82) is 5.26 Å². The summed E-state index contributed by atoms with van der Waals surface area (Å²) in [5, 5.41) is 16.8. The van der Waals surface area contributed by atoms with Crippen LogP contribution >= 0.6 is 0 Å². The Labute approximate surface area is 181 Å². The molecule has 1 aromatic rings. The van der Waals surface area contributed by atoms with Crippen LogP contribution in [0.4, 0.5) is 4.39 Å². The van der Waals surface area contributed by atoms with E-state index in [-0.39, 0.29) is 24.3 Å². The fraction of sp³-hybridized carbons (Fsp3) is 0.789. The molecule has 1 saturated heterocycles. The van der Waals surface area contributed by atoms with E-state index >= 15 is 0 Å². The summed E-state index contributed by atoms with van der Waals surface area (Å²) in [5.41, 5.74) is -0.720. The fourth-order valence-corrected chi connectivity index (χ4v) is 6.14. The second kappa shape index (κ2) is 8.20. The number of rotatable bonds is 7. The first-order valence-corrected chi connectivity index (χ1v) is 11.9. The molecule has 1 aliphatic heterocycles. The lowest BCUT2D eigenvalue weighted by atomic mass is 9.71. The van der Waals surface area contributed by atoms with Crippen LogP contribution in [0.1, 0.15) is 40.0 Å². The van der Waals surface area contributed by atoms with Crippen molar-refractivity contribution >= 4 is 16.0 Å². The number of quaternary nitrogens is 1. The molecule has 1 unspecified atom stereocenters. The highest BCUT2D eigenvalue weighted by Crippen LogP contribution is 2.50. The molecule has 31 heavy (non-hydrogen) atoms. The molecule has 1 saturated carbocycles. The first kappa shape index (κ1) is 23.7. The minimum absolute atomic E-state index is 0.251. The molecular weight excluding hydrogens is 427 g/mol. The number of alkyl halides is 1. The summed E-state index contributed by atoms with van der Waals surface area (Å²) in [4.78, 5) is 17.1. The Morgan fingerprint density at radius 2 is 2.16 bits per heavy atom. The van der Waals surface area contributed by atoms with Gasteiger partial charge in [0.05, 0.1) is 6.42 Å². The first-order valence-electron chi connectivity index (χ1n) is 10.3. The quantitative estimate of drug-likeness (QED) is 0.463. The van der Waals surface area contributed by atoms with Gasteiger partial charge in [0, 0.05) is 12.1 Å². The largest absolute Gasteiger partial charge is 0.744 e. The number of carbonyl (C=O) groups is 1. The van der Waals surface area contributed by atoms with Gasteiger partial charge in [-0.1, -0.05) is 13.8 Å². The van der Waals surface area contributed by atoms with Gasteiger partial charge in [-0.3, -0.25) is 10.00 Å². The van der Waals surface area contributed by atoms with E-state index in [0.717, 1.165) is 12.8 Å². The molecule has 0 aromatic carbocycles. The predicted molar refractivity (Wildman–Crippen MR) is 107 cm³/mol. The molecule has 172 valence electrons. The highest BCUT2D eigenvalue weighted by atomic mass is 32.2. The number of halogens is 1.